The first-order valence-electron chi connectivity index (χ1n) is 7.87. The van der Waals surface area contributed by atoms with Crippen LogP contribution < -0.4 is 4.80 Å². The maximum absolute atomic E-state index is 12.6. The minimum atomic E-state index is -0.202. The van der Waals surface area contributed by atoms with Crippen LogP contribution in [-0.4, -0.2) is 10.5 Å². The van der Waals surface area contributed by atoms with Crippen LogP contribution in [-0.2, 0) is 6.54 Å². The summed E-state index contributed by atoms with van der Waals surface area (Å²) in [6, 6.07) is 11.8. The van der Waals surface area contributed by atoms with Crippen LogP contribution >= 0.6 is 11.3 Å². The normalized spacial score (nSPS) is 11.9. The number of rotatable bonds is 3. The van der Waals surface area contributed by atoms with Crippen molar-refractivity contribution in [1.82, 2.24) is 4.57 Å². The fourth-order valence-corrected chi connectivity index (χ4v) is 4.15. The number of aromatic nitrogens is 1. The lowest BCUT2D eigenvalue weighted by molar-refractivity contribution is 0.0997. The quantitative estimate of drug-likeness (QED) is 0.646. The van der Waals surface area contributed by atoms with Crippen molar-refractivity contribution in [2.24, 2.45) is 4.99 Å². The van der Waals surface area contributed by atoms with Crippen LogP contribution in [0.15, 0.2) is 54.0 Å². The van der Waals surface area contributed by atoms with Gasteiger partial charge in [0, 0.05) is 12.1 Å². The van der Waals surface area contributed by atoms with Gasteiger partial charge in [-0.25, -0.2) is 0 Å². The van der Waals surface area contributed by atoms with Crippen LogP contribution in [0.25, 0.3) is 10.2 Å². The van der Waals surface area contributed by atoms with E-state index in [9.17, 15) is 4.79 Å². The summed E-state index contributed by atoms with van der Waals surface area (Å²) in [5.74, 6) is -0.202. The van der Waals surface area contributed by atoms with Crippen LogP contribution in [0.3, 0.4) is 0 Å². The Morgan fingerprint density at radius 2 is 1.96 bits per heavy atom. The summed E-state index contributed by atoms with van der Waals surface area (Å²) in [7, 11) is 0. The Morgan fingerprint density at radius 3 is 2.67 bits per heavy atom. The molecule has 3 rings (SSSR count). The largest absolute Gasteiger partial charge is 0.312 e. The van der Waals surface area contributed by atoms with Gasteiger partial charge in [-0.1, -0.05) is 41.7 Å². The Bertz CT molecular complexity index is 1010. The molecule has 0 unspecified atom stereocenters. The zero-order valence-corrected chi connectivity index (χ0v) is 15.0. The molecule has 0 radical (unpaired) electrons. The first kappa shape index (κ1) is 16.4. The van der Waals surface area contributed by atoms with Crippen molar-refractivity contribution >= 4 is 27.5 Å². The van der Waals surface area contributed by atoms with E-state index in [4.69, 9.17) is 0 Å². The van der Waals surface area contributed by atoms with Gasteiger partial charge >= 0.3 is 0 Å². The number of allylic oxidation sites excluding steroid dienone is 1. The van der Waals surface area contributed by atoms with Crippen LogP contribution in [0, 0.1) is 20.8 Å². The van der Waals surface area contributed by atoms with E-state index in [0.29, 0.717) is 16.9 Å². The maximum atomic E-state index is 12.6. The van der Waals surface area contributed by atoms with E-state index < -0.39 is 0 Å². The number of thiazole rings is 1. The van der Waals surface area contributed by atoms with Gasteiger partial charge in [-0.3, -0.25) is 4.79 Å². The first-order valence-corrected chi connectivity index (χ1v) is 8.69. The molecule has 0 aliphatic rings. The molecule has 24 heavy (non-hydrogen) atoms. The highest BCUT2D eigenvalue weighted by Gasteiger charge is 2.12. The molecule has 0 saturated carbocycles. The summed E-state index contributed by atoms with van der Waals surface area (Å²) in [5, 5.41) is 0. The molecule has 0 aliphatic heterocycles. The molecule has 1 aromatic heterocycles. The number of fused-ring (bicyclic) bond motifs is 1. The lowest BCUT2D eigenvalue weighted by Crippen LogP contribution is -2.17. The van der Waals surface area contributed by atoms with Crippen LogP contribution in [0.4, 0.5) is 0 Å². The second-order valence-electron chi connectivity index (χ2n) is 5.94. The Kier molecular flexibility index (Phi) is 4.49. The Balaban J connectivity index is 2.23. The van der Waals surface area contributed by atoms with Crippen LogP contribution in [0.2, 0.25) is 0 Å². The molecule has 1 amide bonds. The molecule has 3 aromatic rings. The number of aryl methyl sites for hydroxylation is 3. The third kappa shape index (κ3) is 2.97. The molecular formula is C20H20N2OS. The van der Waals surface area contributed by atoms with Gasteiger partial charge < -0.3 is 4.57 Å². The highest BCUT2D eigenvalue weighted by atomic mass is 32.1. The second kappa shape index (κ2) is 6.57. The van der Waals surface area contributed by atoms with E-state index in [1.165, 1.54) is 11.1 Å². The SMILES string of the molecule is C=CCn1c(=NC(=O)c2ccccc2C)sc2cc(C)cc(C)c21. The molecule has 0 fully saturated rings. The Labute approximate surface area is 145 Å². The van der Waals surface area contributed by atoms with Crippen molar-refractivity contribution in [3.05, 3.63) is 76.1 Å². The zero-order chi connectivity index (χ0) is 17.3. The molecule has 0 saturated heterocycles. The third-order valence-electron chi connectivity index (χ3n) is 4.00. The topological polar surface area (TPSA) is 34.4 Å². The van der Waals surface area contributed by atoms with Crippen molar-refractivity contribution in [3.63, 3.8) is 0 Å². The number of amides is 1. The van der Waals surface area contributed by atoms with Crippen LogP contribution in [0.5, 0.6) is 0 Å². The number of nitrogens with zero attached hydrogens (tertiary/aromatic N) is 2. The highest BCUT2D eigenvalue weighted by molar-refractivity contribution is 7.16. The summed E-state index contributed by atoms with van der Waals surface area (Å²) in [4.78, 5) is 17.7. The van der Waals surface area contributed by atoms with E-state index >= 15 is 0 Å². The summed E-state index contributed by atoms with van der Waals surface area (Å²) >= 11 is 1.55. The van der Waals surface area contributed by atoms with Gasteiger partial charge in [-0.2, -0.15) is 4.99 Å². The molecule has 3 nitrogen and oxygen atoms in total. The average molecular weight is 336 g/mol. The molecular weight excluding hydrogens is 316 g/mol. The predicted molar refractivity (Wildman–Crippen MR) is 101 cm³/mol. The van der Waals surface area contributed by atoms with Crippen molar-refractivity contribution < 1.29 is 4.79 Å². The minimum absolute atomic E-state index is 0.202. The fourth-order valence-electron chi connectivity index (χ4n) is 2.94. The highest BCUT2D eigenvalue weighted by Crippen LogP contribution is 2.23. The number of carbonyl (C=O) groups excluding carboxylic acids is 1. The first-order chi connectivity index (χ1) is 11.5. The standard InChI is InChI=1S/C20H20N2OS/c1-5-10-22-18-15(4)11-13(2)12-17(18)24-20(22)21-19(23)16-9-7-6-8-14(16)3/h5-9,11-12H,1,10H2,2-4H3. The molecule has 0 N–H and O–H groups in total. The van der Waals surface area contributed by atoms with Crippen molar-refractivity contribution in [2.75, 3.05) is 0 Å². The van der Waals surface area contributed by atoms with Crippen molar-refractivity contribution in [1.29, 1.82) is 0 Å². The maximum Gasteiger partial charge on any atom is 0.279 e. The average Bonchev–Trinajstić information content (AvgIpc) is 2.85. The lowest BCUT2D eigenvalue weighted by Gasteiger charge is -2.05. The van der Waals surface area contributed by atoms with Gasteiger partial charge in [0.25, 0.3) is 5.91 Å². The van der Waals surface area contributed by atoms with E-state index in [1.807, 2.05) is 37.3 Å². The molecule has 0 atom stereocenters. The Hall–Kier alpha value is -2.46. The summed E-state index contributed by atoms with van der Waals surface area (Å²) in [5.41, 5.74) is 5.11. The van der Waals surface area contributed by atoms with Gasteiger partial charge in [0.05, 0.1) is 10.2 Å². The smallest absolute Gasteiger partial charge is 0.279 e. The van der Waals surface area contributed by atoms with Gasteiger partial charge in [0.1, 0.15) is 0 Å². The molecule has 0 aliphatic carbocycles. The van der Waals surface area contributed by atoms with Crippen molar-refractivity contribution in [3.8, 4) is 0 Å². The van der Waals surface area contributed by atoms with Crippen LogP contribution in [0.1, 0.15) is 27.0 Å². The second-order valence-corrected chi connectivity index (χ2v) is 6.95. The third-order valence-corrected chi connectivity index (χ3v) is 5.02. The molecule has 4 heteroatoms. The van der Waals surface area contributed by atoms with Crippen molar-refractivity contribution in [2.45, 2.75) is 27.3 Å². The number of benzene rings is 2. The van der Waals surface area contributed by atoms with Gasteiger partial charge in [-0.05, 0) is 49.6 Å². The number of carbonyl (C=O) groups is 1. The van der Waals surface area contributed by atoms with Gasteiger partial charge in [0.2, 0.25) is 0 Å². The van der Waals surface area contributed by atoms with Gasteiger partial charge in [-0.15, -0.1) is 6.58 Å². The number of hydrogen-bond donors (Lipinski definition) is 0. The summed E-state index contributed by atoms with van der Waals surface area (Å²) in [6.45, 7) is 10.6. The predicted octanol–water partition coefficient (Wildman–Crippen LogP) is 4.56. The van der Waals surface area contributed by atoms with E-state index in [-0.39, 0.29) is 5.91 Å². The van der Waals surface area contributed by atoms with Gasteiger partial charge in [0.15, 0.2) is 4.80 Å². The monoisotopic (exact) mass is 336 g/mol. The lowest BCUT2D eigenvalue weighted by atomic mass is 10.1. The fraction of sp³-hybridized carbons (Fsp3) is 0.200. The molecule has 0 spiro atoms. The number of hydrogen-bond acceptors (Lipinski definition) is 2. The molecule has 0 bridgehead atoms. The molecule has 2 aromatic carbocycles. The zero-order valence-electron chi connectivity index (χ0n) is 14.2. The van der Waals surface area contributed by atoms with E-state index in [0.717, 1.165) is 15.8 Å². The molecule has 1 heterocycles. The molecule has 122 valence electrons. The minimum Gasteiger partial charge on any atom is -0.312 e. The summed E-state index contributed by atoms with van der Waals surface area (Å²) < 4.78 is 3.21. The van der Waals surface area contributed by atoms with E-state index in [1.54, 1.807) is 11.3 Å². The Morgan fingerprint density at radius 1 is 1.21 bits per heavy atom. The summed E-state index contributed by atoms with van der Waals surface area (Å²) in [6.07, 6.45) is 1.84. The van der Waals surface area contributed by atoms with E-state index in [2.05, 4.69) is 42.1 Å².